The minimum absolute atomic E-state index is 0.0231. The van der Waals surface area contributed by atoms with E-state index < -0.39 is 0 Å². The zero-order valence-corrected chi connectivity index (χ0v) is 35.6. The van der Waals surface area contributed by atoms with E-state index in [1.165, 1.54) is 85.9 Å². The molecule has 292 valence electrons. The Labute approximate surface area is 347 Å². The normalized spacial score (nSPS) is 20.6. The molecule has 1 fully saturated rings. The molecule has 2 unspecified atom stereocenters. The molecule has 12 rings (SSSR count). The molecule has 0 bridgehead atoms. The molecule has 59 heavy (non-hydrogen) atoms. The van der Waals surface area contributed by atoms with Gasteiger partial charge in [0.2, 0.25) is 5.88 Å². The lowest BCUT2D eigenvalue weighted by atomic mass is 9.42. The first-order valence-corrected chi connectivity index (χ1v) is 21.8. The van der Waals surface area contributed by atoms with Crippen molar-refractivity contribution in [2.45, 2.75) is 103 Å². The van der Waals surface area contributed by atoms with Gasteiger partial charge in [0, 0.05) is 44.0 Å². The van der Waals surface area contributed by atoms with E-state index in [1.807, 2.05) is 0 Å². The molecular formula is C54H51BN2O2. The third kappa shape index (κ3) is 4.51. The highest BCUT2D eigenvalue weighted by molar-refractivity contribution is 6.95. The first-order valence-electron chi connectivity index (χ1n) is 21.8. The molecule has 3 aliphatic heterocycles. The predicted molar refractivity (Wildman–Crippen MR) is 248 cm³/mol. The largest absolute Gasteiger partial charge is 0.456 e. The fourth-order valence-corrected chi connectivity index (χ4v) is 11.8. The van der Waals surface area contributed by atoms with Crippen LogP contribution in [0.3, 0.4) is 0 Å². The molecule has 5 heterocycles. The van der Waals surface area contributed by atoms with E-state index in [0.717, 1.165) is 45.5 Å². The van der Waals surface area contributed by atoms with Crippen LogP contribution in [-0.4, -0.2) is 12.4 Å². The summed E-state index contributed by atoms with van der Waals surface area (Å²) in [5.41, 5.74) is 18.0. The van der Waals surface area contributed by atoms with E-state index in [0.29, 0.717) is 0 Å². The van der Waals surface area contributed by atoms with Gasteiger partial charge in [-0.2, -0.15) is 0 Å². The van der Waals surface area contributed by atoms with Gasteiger partial charge in [0.25, 0.3) is 0 Å². The Morgan fingerprint density at radius 1 is 0.576 bits per heavy atom. The number of anilines is 4. The minimum Gasteiger partial charge on any atom is -0.456 e. The number of benzene rings is 6. The highest BCUT2D eigenvalue weighted by Crippen LogP contribution is 2.64. The van der Waals surface area contributed by atoms with Crippen molar-refractivity contribution in [2.24, 2.45) is 0 Å². The van der Waals surface area contributed by atoms with Crippen LogP contribution < -0.4 is 20.6 Å². The van der Waals surface area contributed by atoms with Gasteiger partial charge in [-0.1, -0.05) is 140 Å². The first kappa shape index (κ1) is 35.3. The Hall–Kier alpha value is -5.68. The average Bonchev–Trinajstić information content (AvgIpc) is 3.85. The van der Waals surface area contributed by atoms with Crippen LogP contribution in [0.4, 0.5) is 22.9 Å². The third-order valence-corrected chi connectivity index (χ3v) is 15.1. The van der Waals surface area contributed by atoms with Crippen LogP contribution >= 0.6 is 0 Å². The summed E-state index contributed by atoms with van der Waals surface area (Å²) >= 11 is 0. The van der Waals surface area contributed by atoms with Crippen LogP contribution in [0.15, 0.2) is 124 Å². The van der Waals surface area contributed by atoms with Gasteiger partial charge >= 0.3 is 6.85 Å². The van der Waals surface area contributed by atoms with Crippen molar-refractivity contribution in [3.63, 3.8) is 0 Å². The Bertz CT molecular complexity index is 3090. The maximum atomic E-state index is 7.36. The Morgan fingerprint density at radius 2 is 1.24 bits per heavy atom. The van der Waals surface area contributed by atoms with Crippen molar-refractivity contribution < 1.29 is 8.83 Å². The van der Waals surface area contributed by atoms with Crippen molar-refractivity contribution in [3.05, 3.63) is 132 Å². The molecule has 1 saturated carbocycles. The fraction of sp³-hybridized carbons (Fsp3) is 0.296. The summed E-state index contributed by atoms with van der Waals surface area (Å²) in [5, 5.41) is 3.45. The minimum atomic E-state index is -0.118. The summed E-state index contributed by atoms with van der Waals surface area (Å²) in [6, 6.07) is 43.0. The van der Waals surface area contributed by atoms with Crippen LogP contribution in [0.25, 0.3) is 55.2 Å². The lowest BCUT2D eigenvalue weighted by molar-refractivity contribution is 0.199. The van der Waals surface area contributed by atoms with Crippen molar-refractivity contribution in [1.82, 2.24) is 0 Å². The summed E-state index contributed by atoms with van der Waals surface area (Å²) in [7, 11) is 0. The molecule has 2 aromatic heterocycles. The van der Waals surface area contributed by atoms with Gasteiger partial charge < -0.3 is 13.6 Å². The summed E-state index contributed by atoms with van der Waals surface area (Å²) < 4.78 is 14.3. The first-order chi connectivity index (χ1) is 28.3. The molecule has 1 aliphatic carbocycles. The second-order valence-corrected chi connectivity index (χ2v) is 20.4. The van der Waals surface area contributed by atoms with Gasteiger partial charge in [0.1, 0.15) is 16.7 Å². The molecule has 2 atom stereocenters. The van der Waals surface area contributed by atoms with E-state index in [1.54, 1.807) is 0 Å². The van der Waals surface area contributed by atoms with E-state index in [2.05, 4.69) is 180 Å². The number of para-hydroxylation sites is 2. The summed E-state index contributed by atoms with van der Waals surface area (Å²) in [6.07, 6.45) is 4.79. The monoisotopic (exact) mass is 770 g/mol. The number of hydrogen-bond acceptors (Lipinski definition) is 4. The van der Waals surface area contributed by atoms with Gasteiger partial charge in [-0.15, -0.1) is 0 Å². The van der Waals surface area contributed by atoms with Crippen LogP contribution in [0.5, 0.6) is 0 Å². The second kappa shape index (κ2) is 11.5. The standard InChI is InChI=1S/C54H51BN2O2/c1-51(2,3)33-24-25-41(37(28-33)32-18-10-9-11-19-32)56-49-45-35-20-12-14-22-42(35)58-44(45)31-38-39-29-34(52(4,5)6)30-40-48(39)57(54(8)27-17-16-26-53(40,54)7)55(46(38)49)47-36-21-13-15-23-43(36)59-50(47)56/h9-15,18-25,28-31H,16-17,26-27H2,1-8H3. The van der Waals surface area contributed by atoms with Gasteiger partial charge in [0.15, 0.2) is 0 Å². The predicted octanol–water partition coefficient (Wildman–Crippen LogP) is 13.6. The van der Waals surface area contributed by atoms with Gasteiger partial charge in [-0.3, -0.25) is 4.90 Å². The van der Waals surface area contributed by atoms with E-state index in [9.17, 15) is 0 Å². The second-order valence-electron chi connectivity index (χ2n) is 20.4. The number of furan rings is 2. The topological polar surface area (TPSA) is 32.8 Å². The van der Waals surface area contributed by atoms with Crippen LogP contribution in [0, 0.1) is 0 Å². The molecule has 0 saturated heterocycles. The Balaban J connectivity index is 1.30. The maximum Gasteiger partial charge on any atom is 0.333 e. The Morgan fingerprint density at radius 3 is 1.98 bits per heavy atom. The molecular weight excluding hydrogens is 719 g/mol. The van der Waals surface area contributed by atoms with Gasteiger partial charge in [-0.25, -0.2) is 0 Å². The molecule has 0 spiro atoms. The third-order valence-electron chi connectivity index (χ3n) is 15.1. The molecule has 6 aromatic carbocycles. The van der Waals surface area contributed by atoms with Crippen molar-refractivity contribution in [2.75, 3.05) is 9.71 Å². The summed E-state index contributed by atoms with van der Waals surface area (Å²) in [4.78, 5) is 5.42. The molecule has 0 radical (unpaired) electrons. The van der Waals surface area contributed by atoms with Crippen LogP contribution in [-0.2, 0) is 16.2 Å². The molecule has 4 aliphatic rings. The maximum absolute atomic E-state index is 7.36. The van der Waals surface area contributed by atoms with Gasteiger partial charge in [-0.05, 0) is 100 Å². The molecule has 4 nitrogen and oxygen atoms in total. The zero-order chi connectivity index (χ0) is 40.4. The highest BCUT2D eigenvalue weighted by atomic mass is 16.4. The number of nitrogens with zero attached hydrogens (tertiary/aromatic N) is 2. The lowest BCUT2D eigenvalue weighted by Gasteiger charge is -2.54. The van der Waals surface area contributed by atoms with Crippen molar-refractivity contribution in [3.8, 4) is 22.3 Å². The quantitative estimate of drug-likeness (QED) is 0.164. The summed E-state index contributed by atoms with van der Waals surface area (Å²) in [5.74, 6) is 0.900. The number of fused-ring (bicyclic) bond motifs is 13. The lowest BCUT2D eigenvalue weighted by Crippen LogP contribution is -2.70. The molecule has 5 heteroatoms. The van der Waals surface area contributed by atoms with Crippen molar-refractivity contribution in [1.29, 1.82) is 0 Å². The SMILES string of the molecule is CC(C)(C)c1ccc(N2c3oc4ccccc4c3B3c4c(cc5oc6ccccc6c5c42)-c2cc(C(C)(C)C)cc4c2N3C2(C)CCCCC42C)c(-c2ccccc2)c1. The molecule has 0 amide bonds. The molecule has 0 N–H and O–H groups in total. The van der Waals surface area contributed by atoms with E-state index in [4.69, 9.17) is 8.83 Å². The number of rotatable bonds is 2. The Kier molecular flexibility index (Phi) is 6.90. The van der Waals surface area contributed by atoms with Gasteiger partial charge in [0.05, 0.1) is 16.8 Å². The van der Waals surface area contributed by atoms with Crippen LogP contribution in [0.2, 0.25) is 0 Å². The van der Waals surface area contributed by atoms with E-state index in [-0.39, 0.29) is 28.6 Å². The van der Waals surface area contributed by atoms with Crippen molar-refractivity contribution >= 4 is 73.6 Å². The number of hydrogen-bond donors (Lipinski definition) is 0. The van der Waals surface area contributed by atoms with E-state index >= 15 is 0 Å². The van der Waals surface area contributed by atoms with Crippen LogP contribution in [0.1, 0.15) is 97.8 Å². The average molecular weight is 771 g/mol. The highest BCUT2D eigenvalue weighted by Gasteiger charge is 2.64. The smallest absolute Gasteiger partial charge is 0.333 e. The zero-order valence-electron chi connectivity index (χ0n) is 35.6. The molecule has 8 aromatic rings. The summed E-state index contributed by atoms with van der Waals surface area (Å²) in [6.45, 7) is 19.2. The fourth-order valence-electron chi connectivity index (χ4n) is 11.8.